The summed E-state index contributed by atoms with van der Waals surface area (Å²) < 4.78 is 28.4. The number of aliphatic carboxylic acids is 1. The van der Waals surface area contributed by atoms with Crippen molar-refractivity contribution < 1.29 is 29.2 Å². The number of hydrogen-bond donors (Lipinski definition) is 1. The molecule has 16 heavy (non-hydrogen) atoms. The number of carboxylic acid groups (broad SMARTS) is 1. The summed E-state index contributed by atoms with van der Waals surface area (Å²) >= 11 is 0. The zero-order valence-corrected chi connectivity index (χ0v) is 8.36. The van der Waals surface area contributed by atoms with Crippen LogP contribution in [0.25, 0.3) is 0 Å². The molecule has 0 fully saturated rings. The van der Waals surface area contributed by atoms with Crippen LogP contribution in [-0.4, -0.2) is 12.6 Å². The van der Waals surface area contributed by atoms with Gasteiger partial charge in [0.05, 0.1) is 5.56 Å². The first-order valence-electron chi connectivity index (χ1n) is 4.57. The summed E-state index contributed by atoms with van der Waals surface area (Å²) in [6.45, 7) is -2.95. The fourth-order valence-electron chi connectivity index (χ4n) is 1.33. The van der Waals surface area contributed by atoms with E-state index in [1.807, 2.05) is 0 Å². The SMILES string of the molecule is [NH3+][C@H](CC(=O)[O-])c1ccccc1OC(F)F. The highest BCUT2D eigenvalue weighted by Gasteiger charge is 2.17. The Balaban J connectivity index is 2.89. The molecule has 0 aliphatic heterocycles. The van der Waals surface area contributed by atoms with Crippen molar-refractivity contribution >= 4 is 5.97 Å². The topological polar surface area (TPSA) is 77.0 Å². The van der Waals surface area contributed by atoms with Gasteiger partial charge in [-0.2, -0.15) is 8.78 Å². The van der Waals surface area contributed by atoms with Crippen LogP contribution in [0.1, 0.15) is 18.0 Å². The zero-order valence-electron chi connectivity index (χ0n) is 8.36. The van der Waals surface area contributed by atoms with E-state index in [0.29, 0.717) is 5.56 Å². The number of carbonyl (C=O) groups excluding carboxylic acids is 1. The van der Waals surface area contributed by atoms with Crippen LogP contribution in [0.15, 0.2) is 24.3 Å². The minimum absolute atomic E-state index is 0.0567. The van der Waals surface area contributed by atoms with Crippen molar-refractivity contribution in [3.63, 3.8) is 0 Å². The first-order valence-corrected chi connectivity index (χ1v) is 4.57. The Hall–Kier alpha value is -1.69. The van der Waals surface area contributed by atoms with Gasteiger partial charge in [0, 0.05) is 12.4 Å². The van der Waals surface area contributed by atoms with Gasteiger partial charge in [-0.3, -0.25) is 0 Å². The Labute approximate surface area is 90.6 Å². The highest BCUT2D eigenvalue weighted by atomic mass is 19.3. The summed E-state index contributed by atoms with van der Waals surface area (Å²) in [5.41, 5.74) is 3.90. The van der Waals surface area contributed by atoms with Crippen LogP contribution in [0.5, 0.6) is 5.75 Å². The molecule has 0 amide bonds. The molecule has 0 aliphatic rings. The molecule has 1 aromatic carbocycles. The molecule has 4 nitrogen and oxygen atoms in total. The maximum Gasteiger partial charge on any atom is 0.387 e. The van der Waals surface area contributed by atoms with Gasteiger partial charge in [-0.25, -0.2) is 0 Å². The summed E-state index contributed by atoms with van der Waals surface area (Å²) in [5, 5.41) is 10.4. The number of carboxylic acids is 1. The van der Waals surface area contributed by atoms with E-state index in [4.69, 9.17) is 0 Å². The molecule has 1 rings (SSSR count). The number of rotatable bonds is 5. The number of alkyl halides is 2. The molecule has 0 aliphatic carbocycles. The minimum Gasteiger partial charge on any atom is -0.550 e. The van der Waals surface area contributed by atoms with E-state index in [0.717, 1.165) is 0 Å². The molecular weight excluding hydrogens is 220 g/mol. The van der Waals surface area contributed by atoms with E-state index in [2.05, 4.69) is 10.5 Å². The van der Waals surface area contributed by atoms with Crippen LogP contribution < -0.4 is 15.6 Å². The summed E-state index contributed by atoms with van der Waals surface area (Å²) in [6.07, 6.45) is -0.344. The summed E-state index contributed by atoms with van der Waals surface area (Å²) in [4.78, 5) is 10.4. The highest BCUT2D eigenvalue weighted by Crippen LogP contribution is 2.25. The fourth-order valence-corrected chi connectivity index (χ4v) is 1.33. The number of hydrogen-bond acceptors (Lipinski definition) is 3. The van der Waals surface area contributed by atoms with Gasteiger partial charge in [0.1, 0.15) is 11.8 Å². The standard InChI is InChI=1S/C10H11F2NO3/c11-10(12)16-8-4-2-1-3-6(8)7(13)5-9(14)15/h1-4,7,10H,5,13H2,(H,14,15)/t7-/m1/s1. The van der Waals surface area contributed by atoms with Gasteiger partial charge in [-0.05, 0) is 12.1 Å². The number of benzene rings is 1. The van der Waals surface area contributed by atoms with Gasteiger partial charge in [0.15, 0.2) is 0 Å². The van der Waals surface area contributed by atoms with Crippen molar-refractivity contribution in [2.24, 2.45) is 0 Å². The van der Waals surface area contributed by atoms with Crippen molar-refractivity contribution in [2.75, 3.05) is 0 Å². The van der Waals surface area contributed by atoms with Crippen LogP contribution in [0.2, 0.25) is 0 Å². The zero-order chi connectivity index (χ0) is 12.1. The van der Waals surface area contributed by atoms with Crippen molar-refractivity contribution in [1.29, 1.82) is 0 Å². The average Bonchev–Trinajstić information content (AvgIpc) is 2.16. The van der Waals surface area contributed by atoms with Gasteiger partial charge >= 0.3 is 6.61 Å². The molecule has 0 saturated heterocycles. The molecule has 0 unspecified atom stereocenters. The smallest absolute Gasteiger partial charge is 0.387 e. The van der Waals surface area contributed by atoms with E-state index >= 15 is 0 Å². The molecular formula is C10H11F2NO3. The largest absolute Gasteiger partial charge is 0.550 e. The predicted octanol–water partition coefficient (Wildman–Crippen LogP) is -0.289. The van der Waals surface area contributed by atoms with E-state index in [1.54, 1.807) is 6.07 Å². The average molecular weight is 231 g/mol. The van der Waals surface area contributed by atoms with Crippen LogP contribution in [-0.2, 0) is 4.79 Å². The lowest BCUT2D eigenvalue weighted by Gasteiger charge is -2.14. The maximum absolute atomic E-state index is 12.1. The van der Waals surface area contributed by atoms with Crippen molar-refractivity contribution in [2.45, 2.75) is 19.1 Å². The van der Waals surface area contributed by atoms with Gasteiger partial charge in [0.25, 0.3) is 0 Å². The lowest BCUT2D eigenvalue weighted by atomic mass is 10.0. The second kappa shape index (κ2) is 5.41. The summed E-state index contributed by atoms with van der Waals surface area (Å²) in [5.74, 6) is -1.34. The lowest BCUT2D eigenvalue weighted by Crippen LogP contribution is -2.55. The Morgan fingerprint density at radius 2 is 2.06 bits per heavy atom. The Morgan fingerprint density at radius 3 is 2.62 bits per heavy atom. The van der Waals surface area contributed by atoms with Crippen molar-refractivity contribution in [3.05, 3.63) is 29.8 Å². The third kappa shape index (κ3) is 3.47. The van der Waals surface area contributed by atoms with Gasteiger partial charge in [-0.15, -0.1) is 0 Å². The maximum atomic E-state index is 12.1. The molecule has 1 atom stereocenters. The molecule has 1 aromatic rings. The van der Waals surface area contributed by atoms with Crippen LogP contribution in [0, 0.1) is 0 Å². The first kappa shape index (κ1) is 12.4. The second-order valence-electron chi connectivity index (χ2n) is 3.19. The molecule has 3 N–H and O–H groups in total. The number of para-hydroxylation sites is 1. The Kier molecular flexibility index (Phi) is 4.19. The van der Waals surface area contributed by atoms with Gasteiger partial charge in [-0.1, -0.05) is 12.1 Å². The number of carbonyl (C=O) groups is 1. The van der Waals surface area contributed by atoms with E-state index < -0.39 is 18.6 Å². The van der Waals surface area contributed by atoms with Crippen LogP contribution in [0.3, 0.4) is 0 Å². The second-order valence-corrected chi connectivity index (χ2v) is 3.19. The van der Waals surface area contributed by atoms with Crippen LogP contribution in [0.4, 0.5) is 8.78 Å². The Bertz CT molecular complexity index is 371. The van der Waals surface area contributed by atoms with Gasteiger partial charge in [0.2, 0.25) is 0 Å². The number of quaternary nitrogens is 1. The predicted molar refractivity (Wildman–Crippen MR) is 48.3 cm³/mol. The van der Waals surface area contributed by atoms with E-state index in [1.165, 1.54) is 18.2 Å². The molecule has 0 spiro atoms. The molecule has 0 heterocycles. The van der Waals surface area contributed by atoms with Crippen LogP contribution >= 0.6 is 0 Å². The third-order valence-electron chi connectivity index (χ3n) is 1.99. The molecule has 0 radical (unpaired) electrons. The minimum atomic E-state index is -2.95. The molecule has 0 saturated carbocycles. The fraction of sp³-hybridized carbons (Fsp3) is 0.300. The molecule has 0 aromatic heterocycles. The first-order chi connectivity index (χ1) is 7.50. The molecule has 6 heteroatoms. The normalized spacial score (nSPS) is 12.5. The van der Waals surface area contributed by atoms with Crippen molar-refractivity contribution in [3.8, 4) is 5.75 Å². The quantitative estimate of drug-likeness (QED) is 0.756. The summed E-state index contributed by atoms with van der Waals surface area (Å²) in [7, 11) is 0. The lowest BCUT2D eigenvalue weighted by molar-refractivity contribution is -0.430. The number of halogens is 2. The highest BCUT2D eigenvalue weighted by molar-refractivity contribution is 5.65. The molecule has 88 valence electrons. The van der Waals surface area contributed by atoms with Crippen molar-refractivity contribution in [1.82, 2.24) is 0 Å². The molecule has 0 bridgehead atoms. The van der Waals surface area contributed by atoms with Gasteiger partial charge < -0.3 is 20.4 Å². The third-order valence-corrected chi connectivity index (χ3v) is 1.99. The number of ether oxygens (including phenoxy) is 1. The van der Waals surface area contributed by atoms with E-state index in [-0.39, 0.29) is 12.2 Å². The Morgan fingerprint density at radius 1 is 1.44 bits per heavy atom. The van der Waals surface area contributed by atoms with E-state index in [9.17, 15) is 18.7 Å². The summed E-state index contributed by atoms with van der Waals surface area (Å²) in [6, 6.07) is 5.28. The monoisotopic (exact) mass is 231 g/mol.